The number of nitrogens with one attached hydrogen (secondary N) is 1. The summed E-state index contributed by atoms with van der Waals surface area (Å²) in [6.07, 6.45) is 1.58. The van der Waals surface area contributed by atoms with Gasteiger partial charge >= 0.3 is 0 Å². The number of benzene rings is 3. The van der Waals surface area contributed by atoms with Gasteiger partial charge in [0.15, 0.2) is 0 Å². The van der Waals surface area contributed by atoms with E-state index < -0.39 is 10.0 Å². The van der Waals surface area contributed by atoms with Crippen LogP contribution in [0.5, 0.6) is 0 Å². The molecular weight excluding hydrogens is 370 g/mol. The highest BCUT2D eigenvalue weighted by atomic mass is 32.2. The normalized spacial score (nSPS) is 11.3. The summed E-state index contributed by atoms with van der Waals surface area (Å²) in [6.45, 7) is 0.488. The molecule has 0 aliphatic heterocycles. The first-order valence-electron chi connectivity index (χ1n) is 8.86. The third kappa shape index (κ3) is 3.97. The van der Waals surface area contributed by atoms with Gasteiger partial charge in [0.1, 0.15) is 10.6 Å². The van der Waals surface area contributed by atoms with Crippen LogP contribution in [0, 0.1) is 0 Å². The molecule has 4 aromatic rings. The van der Waals surface area contributed by atoms with Gasteiger partial charge in [0.05, 0.1) is 6.54 Å². The largest absolute Gasteiger partial charge is 0.280 e. The van der Waals surface area contributed by atoms with Gasteiger partial charge in [-0.1, -0.05) is 78.9 Å². The van der Waals surface area contributed by atoms with Crippen LogP contribution in [0.25, 0.3) is 11.3 Å². The van der Waals surface area contributed by atoms with Gasteiger partial charge in [-0.2, -0.15) is 5.10 Å². The number of nitrogens with zero attached hydrogens (tertiary/aromatic N) is 2. The van der Waals surface area contributed by atoms with Gasteiger partial charge in [-0.15, -0.1) is 0 Å². The van der Waals surface area contributed by atoms with Crippen molar-refractivity contribution in [3.8, 4) is 11.3 Å². The maximum Gasteiger partial charge on any atom is 0.265 e. The van der Waals surface area contributed by atoms with Gasteiger partial charge < -0.3 is 0 Å². The zero-order valence-corrected chi connectivity index (χ0v) is 15.9. The number of anilines is 1. The molecule has 6 heteroatoms. The number of hydrogen-bond donors (Lipinski definition) is 1. The fraction of sp³-hybridized carbons (Fsp3) is 0.0455. The second-order valence-electron chi connectivity index (χ2n) is 6.36. The number of hydrogen-bond acceptors (Lipinski definition) is 3. The molecule has 0 saturated heterocycles. The van der Waals surface area contributed by atoms with Crippen molar-refractivity contribution in [3.63, 3.8) is 0 Å². The lowest BCUT2D eigenvalue weighted by molar-refractivity contribution is 0.601. The number of para-hydroxylation sites is 1. The molecule has 0 radical (unpaired) electrons. The zero-order chi connectivity index (χ0) is 19.4. The summed E-state index contributed by atoms with van der Waals surface area (Å²) in [5, 5.41) is 4.58. The highest BCUT2D eigenvalue weighted by Gasteiger charge is 2.24. The molecule has 0 fully saturated rings. The highest BCUT2D eigenvalue weighted by Crippen LogP contribution is 2.27. The summed E-state index contributed by atoms with van der Waals surface area (Å²) in [5.74, 6) is 0. The third-order valence-electron chi connectivity index (χ3n) is 4.28. The molecule has 0 aliphatic carbocycles. The zero-order valence-electron chi connectivity index (χ0n) is 15.1. The molecule has 0 unspecified atom stereocenters. The van der Waals surface area contributed by atoms with E-state index in [0.717, 1.165) is 11.1 Å². The van der Waals surface area contributed by atoms with Gasteiger partial charge in [-0.3, -0.25) is 9.40 Å². The summed E-state index contributed by atoms with van der Waals surface area (Å²) < 4.78 is 30.5. The second-order valence-corrected chi connectivity index (χ2v) is 8.01. The molecule has 0 aliphatic rings. The Morgan fingerprint density at radius 3 is 2.00 bits per heavy atom. The third-order valence-corrected chi connectivity index (χ3v) is 5.66. The Morgan fingerprint density at radius 1 is 0.786 bits per heavy atom. The van der Waals surface area contributed by atoms with E-state index in [1.54, 1.807) is 35.1 Å². The Morgan fingerprint density at radius 2 is 1.36 bits per heavy atom. The molecular formula is C22H19N3O2S. The van der Waals surface area contributed by atoms with Crippen LogP contribution >= 0.6 is 0 Å². The molecule has 1 N–H and O–H groups in total. The van der Waals surface area contributed by atoms with Crippen LogP contribution in [0.1, 0.15) is 5.56 Å². The molecule has 0 spiro atoms. The first kappa shape index (κ1) is 18.0. The van der Waals surface area contributed by atoms with E-state index in [2.05, 4.69) is 9.82 Å². The van der Waals surface area contributed by atoms with E-state index >= 15 is 0 Å². The average molecular weight is 389 g/mol. The molecule has 1 aromatic heterocycles. The van der Waals surface area contributed by atoms with Crippen molar-refractivity contribution < 1.29 is 8.42 Å². The second kappa shape index (κ2) is 7.70. The molecule has 140 valence electrons. The van der Waals surface area contributed by atoms with Crippen molar-refractivity contribution in [3.05, 3.63) is 103 Å². The first-order chi connectivity index (χ1) is 13.6. The van der Waals surface area contributed by atoms with E-state index in [1.165, 1.54) is 0 Å². The van der Waals surface area contributed by atoms with Gasteiger partial charge in [-0.25, -0.2) is 8.42 Å². The minimum Gasteiger partial charge on any atom is -0.280 e. The van der Waals surface area contributed by atoms with Crippen LogP contribution in [-0.2, 0) is 16.6 Å². The van der Waals surface area contributed by atoms with Crippen LogP contribution in [0.2, 0.25) is 0 Å². The Bertz CT molecular complexity index is 1160. The molecule has 28 heavy (non-hydrogen) atoms. The first-order valence-corrected chi connectivity index (χ1v) is 10.3. The molecule has 5 nitrogen and oxygen atoms in total. The standard InChI is InChI=1S/C22H19N3O2S/c26-28(27,24-20-14-8-3-9-15-20)21-17-25(16-18-10-4-1-5-11-18)23-22(21)19-12-6-2-7-13-19/h1-15,17,24H,16H2. The molecule has 1 heterocycles. The van der Waals surface area contributed by atoms with Gasteiger partial charge in [0, 0.05) is 17.4 Å². The molecule has 0 saturated carbocycles. The lowest BCUT2D eigenvalue weighted by Gasteiger charge is -2.07. The van der Waals surface area contributed by atoms with Crippen LogP contribution in [0.3, 0.4) is 0 Å². The highest BCUT2D eigenvalue weighted by molar-refractivity contribution is 7.92. The molecule has 4 rings (SSSR count). The maximum absolute atomic E-state index is 13.1. The fourth-order valence-electron chi connectivity index (χ4n) is 2.96. The summed E-state index contributed by atoms with van der Waals surface area (Å²) in [6, 6.07) is 28.0. The van der Waals surface area contributed by atoms with Crippen LogP contribution in [0.4, 0.5) is 5.69 Å². The van der Waals surface area contributed by atoms with Crippen molar-refractivity contribution in [2.75, 3.05) is 4.72 Å². The summed E-state index contributed by atoms with van der Waals surface area (Å²) in [4.78, 5) is 0.151. The molecule has 0 bridgehead atoms. The lowest BCUT2D eigenvalue weighted by Crippen LogP contribution is -2.13. The number of sulfonamides is 1. The van der Waals surface area contributed by atoms with E-state index in [-0.39, 0.29) is 4.90 Å². The topological polar surface area (TPSA) is 64.0 Å². The number of rotatable bonds is 6. The molecule has 3 aromatic carbocycles. The summed E-state index contributed by atoms with van der Waals surface area (Å²) in [5.41, 5.74) is 2.74. The van der Waals surface area contributed by atoms with Crippen LogP contribution in [0.15, 0.2) is 102 Å². The van der Waals surface area contributed by atoms with E-state index in [0.29, 0.717) is 17.9 Å². The monoisotopic (exact) mass is 389 g/mol. The van der Waals surface area contributed by atoms with Gasteiger partial charge in [0.2, 0.25) is 0 Å². The number of aromatic nitrogens is 2. The van der Waals surface area contributed by atoms with Gasteiger partial charge in [0.25, 0.3) is 10.0 Å². The van der Waals surface area contributed by atoms with Crippen LogP contribution in [-0.4, -0.2) is 18.2 Å². The van der Waals surface area contributed by atoms with E-state index in [9.17, 15) is 8.42 Å². The van der Waals surface area contributed by atoms with Crippen molar-refractivity contribution in [2.24, 2.45) is 0 Å². The Hall–Kier alpha value is -3.38. The molecule has 0 atom stereocenters. The minimum absolute atomic E-state index is 0.151. The summed E-state index contributed by atoms with van der Waals surface area (Å²) >= 11 is 0. The lowest BCUT2D eigenvalue weighted by atomic mass is 10.2. The summed E-state index contributed by atoms with van der Waals surface area (Å²) in [7, 11) is -3.80. The van der Waals surface area contributed by atoms with Crippen molar-refractivity contribution >= 4 is 15.7 Å². The van der Waals surface area contributed by atoms with E-state index in [4.69, 9.17) is 0 Å². The Balaban J connectivity index is 1.76. The maximum atomic E-state index is 13.1. The quantitative estimate of drug-likeness (QED) is 0.532. The smallest absolute Gasteiger partial charge is 0.265 e. The Labute approximate surface area is 164 Å². The van der Waals surface area contributed by atoms with Crippen molar-refractivity contribution in [1.82, 2.24) is 9.78 Å². The van der Waals surface area contributed by atoms with Gasteiger partial charge in [-0.05, 0) is 17.7 Å². The Kier molecular flexibility index (Phi) is 4.95. The average Bonchev–Trinajstić information content (AvgIpc) is 3.15. The fourth-order valence-corrected chi connectivity index (χ4v) is 4.19. The van der Waals surface area contributed by atoms with E-state index in [1.807, 2.05) is 66.7 Å². The predicted molar refractivity (Wildman–Crippen MR) is 110 cm³/mol. The predicted octanol–water partition coefficient (Wildman–Crippen LogP) is 4.40. The van der Waals surface area contributed by atoms with Crippen molar-refractivity contribution in [1.29, 1.82) is 0 Å². The SMILES string of the molecule is O=S(=O)(Nc1ccccc1)c1cn(Cc2ccccc2)nc1-c1ccccc1. The van der Waals surface area contributed by atoms with Crippen LogP contribution < -0.4 is 4.72 Å². The molecule has 0 amide bonds. The minimum atomic E-state index is -3.80. The van der Waals surface area contributed by atoms with Crippen molar-refractivity contribution in [2.45, 2.75) is 11.4 Å².